The molecule has 1 saturated heterocycles. The lowest BCUT2D eigenvalue weighted by Crippen LogP contribution is -2.47. The number of alkyl halides is 3. The summed E-state index contributed by atoms with van der Waals surface area (Å²) in [5, 5.41) is 11.5. The van der Waals surface area contributed by atoms with E-state index in [0.717, 1.165) is 17.6 Å². The molecule has 2 heterocycles. The van der Waals surface area contributed by atoms with Crippen LogP contribution in [-0.4, -0.2) is 42.8 Å². The Hall–Kier alpha value is -2.23. The third-order valence-electron chi connectivity index (χ3n) is 5.24. The molecule has 1 aromatic carbocycles. The standard InChI is InChI=1S/C18H15ClF3N5O2S2/c19-15-24-16(30-26-15)27-8-10(7-12(27)14(28)25-17(9-23)5-6-17)31(29)13-4-2-1-3-11(13)18(20,21)22/h1-4,10,12H,5-8H2,(H,25,28). The molecule has 2 aromatic rings. The van der Waals surface area contributed by atoms with Crippen molar-refractivity contribution in [2.24, 2.45) is 0 Å². The van der Waals surface area contributed by atoms with E-state index in [4.69, 9.17) is 11.6 Å². The second-order valence-corrected chi connectivity index (χ2v) is 10.1. The third-order valence-corrected chi connectivity index (χ3v) is 8.00. The van der Waals surface area contributed by atoms with Crippen molar-refractivity contribution in [1.29, 1.82) is 5.26 Å². The SMILES string of the molecule is N#CC1(NC(=O)C2CC(S(=O)c3ccccc3C(F)(F)F)CN2c2nc(Cl)ns2)CC1. The largest absolute Gasteiger partial charge is 0.417 e. The van der Waals surface area contributed by atoms with Gasteiger partial charge in [0.05, 0.1) is 32.6 Å². The molecule has 13 heteroatoms. The maximum absolute atomic E-state index is 13.4. The number of halogens is 4. The van der Waals surface area contributed by atoms with Crippen molar-refractivity contribution in [3.63, 3.8) is 0 Å². The molecule has 3 unspecified atom stereocenters. The summed E-state index contributed by atoms with van der Waals surface area (Å²) in [7, 11) is -2.03. The first kappa shape index (κ1) is 22.0. The first-order valence-corrected chi connectivity index (χ1v) is 11.6. The van der Waals surface area contributed by atoms with Crippen LogP contribution < -0.4 is 10.2 Å². The van der Waals surface area contributed by atoms with Gasteiger partial charge in [0.25, 0.3) is 0 Å². The number of anilines is 1. The van der Waals surface area contributed by atoms with E-state index in [9.17, 15) is 27.4 Å². The Balaban J connectivity index is 1.63. The van der Waals surface area contributed by atoms with Crippen LogP contribution >= 0.6 is 23.1 Å². The predicted octanol–water partition coefficient (Wildman–Crippen LogP) is 3.14. The average Bonchev–Trinajstić information content (AvgIpc) is 3.15. The summed E-state index contributed by atoms with van der Waals surface area (Å²) in [4.78, 5) is 18.2. The lowest BCUT2D eigenvalue weighted by molar-refractivity contribution is -0.139. The van der Waals surface area contributed by atoms with Crippen LogP contribution in [0.1, 0.15) is 24.8 Å². The minimum Gasteiger partial charge on any atom is -0.336 e. The van der Waals surface area contributed by atoms with Crippen LogP contribution in [0.2, 0.25) is 5.28 Å². The highest BCUT2D eigenvalue weighted by Gasteiger charge is 2.49. The van der Waals surface area contributed by atoms with Gasteiger partial charge in [-0.15, -0.1) is 0 Å². The Bertz CT molecular complexity index is 1080. The molecule has 1 N–H and O–H groups in total. The van der Waals surface area contributed by atoms with E-state index in [1.54, 1.807) is 4.90 Å². The maximum atomic E-state index is 13.4. The second kappa shape index (κ2) is 8.03. The molecule has 1 aromatic heterocycles. The predicted molar refractivity (Wildman–Crippen MR) is 108 cm³/mol. The van der Waals surface area contributed by atoms with Gasteiger partial charge in [-0.05, 0) is 43.0 Å². The molecule has 0 spiro atoms. The molecular weight excluding hydrogens is 475 g/mol. The minimum absolute atomic E-state index is 0.0261. The zero-order valence-corrected chi connectivity index (χ0v) is 18.1. The normalized spacial score (nSPS) is 23.3. The van der Waals surface area contributed by atoms with E-state index in [2.05, 4.69) is 20.7 Å². The van der Waals surface area contributed by atoms with Gasteiger partial charge in [-0.3, -0.25) is 9.00 Å². The van der Waals surface area contributed by atoms with Gasteiger partial charge >= 0.3 is 6.18 Å². The van der Waals surface area contributed by atoms with Crippen LogP contribution in [-0.2, 0) is 21.8 Å². The molecule has 2 fully saturated rings. The number of aromatic nitrogens is 2. The number of carbonyl (C=O) groups is 1. The molecule has 3 atom stereocenters. The second-order valence-electron chi connectivity index (χ2n) is 7.35. The number of amides is 1. The van der Waals surface area contributed by atoms with E-state index in [0.29, 0.717) is 18.0 Å². The van der Waals surface area contributed by atoms with Crippen molar-refractivity contribution in [3.8, 4) is 6.07 Å². The topological polar surface area (TPSA) is 99.0 Å². The number of nitriles is 1. The van der Waals surface area contributed by atoms with Gasteiger partial charge in [0, 0.05) is 18.1 Å². The fraction of sp³-hybridized carbons (Fsp3) is 0.444. The van der Waals surface area contributed by atoms with Crippen LogP contribution in [0.15, 0.2) is 29.2 Å². The quantitative estimate of drug-likeness (QED) is 0.692. The zero-order chi connectivity index (χ0) is 22.4. The van der Waals surface area contributed by atoms with Crippen molar-refractivity contribution in [3.05, 3.63) is 35.1 Å². The summed E-state index contributed by atoms with van der Waals surface area (Å²) in [6, 6.07) is 5.92. The smallest absolute Gasteiger partial charge is 0.336 e. The van der Waals surface area contributed by atoms with E-state index in [-0.39, 0.29) is 23.1 Å². The van der Waals surface area contributed by atoms with Crippen LogP contribution in [0.25, 0.3) is 0 Å². The Morgan fingerprint density at radius 3 is 2.68 bits per heavy atom. The first-order valence-electron chi connectivity index (χ1n) is 9.19. The molecule has 1 aliphatic carbocycles. The lowest BCUT2D eigenvalue weighted by Gasteiger charge is -2.23. The Labute approximate surface area is 186 Å². The molecule has 1 amide bonds. The molecule has 2 aliphatic rings. The summed E-state index contributed by atoms with van der Waals surface area (Å²) in [5.74, 6) is -0.464. The van der Waals surface area contributed by atoms with Gasteiger partial charge in [0.1, 0.15) is 11.6 Å². The molecule has 7 nitrogen and oxygen atoms in total. The highest BCUT2D eigenvalue weighted by atomic mass is 35.5. The summed E-state index contributed by atoms with van der Waals surface area (Å²) >= 11 is 6.74. The number of benzene rings is 1. The van der Waals surface area contributed by atoms with Crippen molar-refractivity contribution in [1.82, 2.24) is 14.7 Å². The zero-order valence-electron chi connectivity index (χ0n) is 15.7. The van der Waals surface area contributed by atoms with Crippen LogP contribution in [0, 0.1) is 11.3 Å². The van der Waals surface area contributed by atoms with Gasteiger partial charge in [0.2, 0.25) is 16.3 Å². The highest BCUT2D eigenvalue weighted by molar-refractivity contribution is 7.85. The Morgan fingerprint density at radius 2 is 2.10 bits per heavy atom. The monoisotopic (exact) mass is 489 g/mol. The van der Waals surface area contributed by atoms with E-state index >= 15 is 0 Å². The number of nitrogens with zero attached hydrogens (tertiary/aromatic N) is 4. The van der Waals surface area contributed by atoms with Crippen LogP contribution in [0.5, 0.6) is 0 Å². The van der Waals surface area contributed by atoms with Crippen molar-refractivity contribution in [2.75, 3.05) is 11.4 Å². The Morgan fingerprint density at radius 1 is 1.39 bits per heavy atom. The van der Waals surface area contributed by atoms with Crippen molar-refractivity contribution in [2.45, 2.75) is 47.2 Å². The fourth-order valence-electron chi connectivity index (χ4n) is 3.49. The molecule has 4 rings (SSSR count). The summed E-state index contributed by atoms with van der Waals surface area (Å²) < 4.78 is 57.3. The number of hydrogen-bond donors (Lipinski definition) is 1. The number of carbonyl (C=O) groups excluding carboxylic acids is 1. The van der Waals surface area contributed by atoms with Crippen LogP contribution in [0.3, 0.4) is 0 Å². The van der Waals surface area contributed by atoms with Crippen LogP contribution in [0.4, 0.5) is 18.3 Å². The van der Waals surface area contributed by atoms with Gasteiger partial charge in [0.15, 0.2) is 0 Å². The molecule has 0 radical (unpaired) electrons. The molecule has 1 aliphatic heterocycles. The molecule has 31 heavy (non-hydrogen) atoms. The first-order chi connectivity index (χ1) is 14.6. The maximum Gasteiger partial charge on any atom is 0.417 e. The number of rotatable bonds is 5. The Kier molecular flexibility index (Phi) is 5.70. The molecular formula is C18H15ClF3N5O2S2. The van der Waals surface area contributed by atoms with Gasteiger partial charge < -0.3 is 10.2 Å². The number of hydrogen-bond acceptors (Lipinski definition) is 7. The lowest BCUT2D eigenvalue weighted by atomic mass is 10.2. The molecule has 164 valence electrons. The fourth-order valence-corrected chi connectivity index (χ4v) is 5.98. The molecule has 0 bridgehead atoms. The van der Waals surface area contributed by atoms with E-state index in [1.165, 1.54) is 18.2 Å². The minimum atomic E-state index is -4.65. The molecule has 1 saturated carbocycles. The average molecular weight is 490 g/mol. The summed E-state index contributed by atoms with van der Waals surface area (Å²) in [6.45, 7) is 0.0297. The van der Waals surface area contributed by atoms with Gasteiger partial charge in [-0.2, -0.15) is 27.8 Å². The highest BCUT2D eigenvalue weighted by Crippen LogP contribution is 2.39. The van der Waals surface area contributed by atoms with E-state index in [1.807, 2.05) is 0 Å². The van der Waals surface area contributed by atoms with Crippen molar-refractivity contribution < 1.29 is 22.2 Å². The van der Waals surface area contributed by atoms with Gasteiger partial charge in [-0.1, -0.05) is 12.1 Å². The third kappa shape index (κ3) is 4.40. The van der Waals surface area contributed by atoms with Crippen molar-refractivity contribution >= 4 is 45.0 Å². The summed E-state index contributed by atoms with van der Waals surface area (Å²) in [5.41, 5.74) is -1.88. The van der Waals surface area contributed by atoms with E-state index < -0.39 is 45.3 Å². The summed E-state index contributed by atoms with van der Waals surface area (Å²) in [6.07, 6.45) is -3.57. The van der Waals surface area contributed by atoms with Gasteiger partial charge in [-0.25, -0.2) is 0 Å². The number of nitrogens with one attached hydrogen (secondary N) is 1.